The van der Waals surface area contributed by atoms with Crippen molar-refractivity contribution in [1.82, 2.24) is 0 Å². The number of fused-ring (bicyclic) bond motifs is 4. The first kappa shape index (κ1) is 18.1. The van der Waals surface area contributed by atoms with Crippen LogP contribution in [0, 0.1) is 0 Å². The molecule has 0 bridgehead atoms. The number of rotatable bonds is 2. The second kappa shape index (κ2) is 7.01. The van der Waals surface area contributed by atoms with E-state index in [0.717, 1.165) is 11.4 Å². The fourth-order valence-electron chi connectivity index (χ4n) is 5.13. The van der Waals surface area contributed by atoms with Gasteiger partial charge in [0.25, 0.3) is 0 Å². The Balaban J connectivity index is 1.58. The monoisotopic (exact) mass is 423 g/mol. The van der Waals surface area contributed by atoms with Crippen LogP contribution in [0.15, 0.2) is 127 Å². The van der Waals surface area contributed by atoms with Crippen LogP contribution in [-0.4, -0.2) is 0 Å². The molecule has 33 heavy (non-hydrogen) atoms. The smallest absolute Gasteiger partial charge is 0.0947 e. The minimum absolute atomic E-state index is 1.16. The molecular formula is C30H21N3. The quantitative estimate of drug-likeness (QED) is 0.275. The maximum Gasteiger partial charge on any atom is 0.0947 e. The maximum absolute atomic E-state index is 2.42. The molecule has 156 valence electrons. The van der Waals surface area contributed by atoms with Crippen LogP contribution in [0.1, 0.15) is 0 Å². The van der Waals surface area contributed by atoms with Gasteiger partial charge in [0, 0.05) is 11.4 Å². The van der Waals surface area contributed by atoms with Crippen molar-refractivity contribution >= 4 is 51.2 Å². The standard InChI is InChI=1S/C30H21N3/c1-3-12-22(13-4-1)31-24-16-7-9-18-26(24)33-27-19-10-8-17-25(27)32(23-14-5-2-6-15-23)29-21-11-20-28(31)30(29)33/h1-21H. The van der Waals surface area contributed by atoms with Gasteiger partial charge in [-0.05, 0) is 60.7 Å². The maximum atomic E-state index is 2.42. The molecule has 3 nitrogen and oxygen atoms in total. The number of anilines is 9. The molecule has 0 saturated heterocycles. The Hall–Kier alpha value is -4.50. The topological polar surface area (TPSA) is 9.72 Å². The van der Waals surface area contributed by atoms with Crippen molar-refractivity contribution in [2.75, 3.05) is 14.7 Å². The van der Waals surface area contributed by atoms with E-state index in [0.29, 0.717) is 0 Å². The van der Waals surface area contributed by atoms with Crippen molar-refractivity contribution in [2.45, 2.75) is 0 Å². The van der Waals surface area contributed by atoms with Crippen molar-refractivity contribution < 1.29 is 0 Å². The van der Waals surface area contributed by atoms with Crippen molar-refractivity contribution in [3.8, 4) is 0 Å². The van der Waals surface area contributed by atoms with E-state index in [2.05, 4.69) is 142 Å². The summed E-state index contributed by atoms with van der Waals surface area (Å²) in [5.74, 6) is 0. The number of hydrogen-bond donors (Lipinski definition) is 0. The van der Waals surface area contributed by atoms with Crippen molar-refractivity contribution in [2.24, 2.45) is 0 Å². The molecule has 7 rings (SSSR count). The van der Waals surface area contributed by atoms with E-state index < -0.39 is 0 Å². The fourth-order valence-corrected chi connectivity index (χ4v) is 5.13. The van der Waals surface area contributed by atoms with Gasteiger partial charge in [-0.3, -0.25) is 0 Å². The lowest BCUT2D eigenvalue weighted by molar-refractivity contribution is 1.12. The third-order valence-electron chi connectivity index (χ3n) is 6.45. The third-order valence-corrected chi connectivity index (χ3v) is 6.45. The van der Waals surface area contributed by atoms with Gasteiger partial charge >= 0.3 is 0 Å². The summed E-state index contributed by atoms with van der Waals surface area (Å²) in [6.07, 6.45) is 0. The molecule has 0 amide bonds. The molecule has 0 atom stereocenters. The molecule has 2 heterocycles. The van der Waals surface area contributed by atoms with E-state index in [1.807, 2.05) is 0 Å². The van der Waals surface area contributed by atoms with E-state index in [-0.39, 0.29) is 0 Å². The van der Waals surface area contributed by atoms with Crippen LogP contribution in [-0.2, 0) is 0 Å². The normalized spacial score (nSPS) is 13.3. The van der Waals surface area contributed by atoms with Gasteiger partial charge in [-0.25, -0.2) is 0 Å². The number of nitrogens with zero attached hydrogens (tertiary/aromatic N) is 3. The van der Waals surface area contributed by atoms with Gasteiger partial charge < -0.3 is 14.7 Å². The summed E-state index contributed by atoms with van der Waals surface area (Å²) in [6.45, 7) is 0. The first-order valence-corrected chi connectivity index (χ1v) is 11.2. The van der Waals surface area contributed by atoms with E-state index in [1.54, 1.807) is 0 Å². The minimum atomic E-state index is 1.16. The number of para-hydroxylation sites is 7. The van der Waals surface area contributed by atoms with Crippen LogP contribution in [0.3, 0.4) is 0 Å². The lowest BCUT2D eigenvalue weighted by atomic mass is 9.99. The number of hydrogen-bond acceptors (Lipinski definition) is 3. The zero-order valence-electron chi connectivity index (χ0n) is 18.0. The Kier molecular flexibility index (Phi) is 3.84. The fraction of sp³-hybridized carbons (Fsp3) is 0. The third kappa shape index (κ3) is 2.56. The van der Waals surface area contributed by atoms with Gasteiger partial charge in [-0.2, -0.15) is 0 Å². The van der Waals surface area contributed by atoms with Crippen LogP contribution in [0.2, 0.25) is 0 Å². The molecule has 0 unspecified atom stereocenters. The summed E-state index contributed by atoms with van der Waals surface area (Å²) < 4.78 is 0. The summed E-state index contributed by atoms with van der Waals surface area (Å²) in [5.41, 5.74) is 10.6. The molecular weight excluding hydrogens is 402 g/mol. The van der Waals surface area contributed by atoms with Gasteiger partial charge in [0.15, 0.2) is 0 Å². The van der Waals surface area contributed by atoms with Crippen molar-refractivity contribution in [3.63, 3.8) is 0 Å². The molecule has 0 spiro atoms. The zero-order valence-corrected chi connectivity index (χ0v) is 18.0. The van der Waals surface area contributed by atoms with Gasteiger partial charge in [0.05, 0.1) is 39.8 Å². The Morgan fingerprint density at radius 1 is 0.273 bits per heavy atom. The SMILES string of the molecule is c1ccc(N2c3ccccc3N3c4ccccc4N(c4ccccc4)c4cccc2c43)cc1. The van der Waals surface area contributed by atoms with E-state index >= 15 is 0 Å². The lowest BCUT2D eigenvalue weighted by Crippen LogP contribution is -2.30. The van der Waals surface area contributed by atoms with Crippen LogP contribution in [0.4, 0.5) is 51.2 Å². The highest BCUT2D eigenvalue weighted by atomic mass is 15.3. The largest absolute Gasteiger partial charge is 0.306 e. The minimum Gasteiger partial charge on any atom is -0.306 e. The highest BCUT2D eigenvalue weighted by Crippen LogP contribution is 2.62. The molecule has 0 radical (unpaired) electrons. The van der Waals surface area contributed by atoms with Crippen LogP contribution >= 0.6 is 0 Å². The predicted octanol–water partition coefficient (Wildman–Crippen LogP) is 8.72. The molecule has 0 saturated carbocycles. The van der Waals surface area contributed by atoms with Crippen LogP contribution in [0.5, 0.6) is 0 Å². The Bertz CT molecular complexity index is 1370. The molecule has 3 heteroatoms. The van der Waals surface area contributed by atoms with Gasteiger partial charge in [-0.1, -0.05) is 66.7 Å². The van der Waals surface area contributed by atoms with Crippen LogP contribution < -0.4 is 14.7 Å². The molecule has 2 aliphatic heterocycles. The summed E-state index contributed by atoms with van der Waals surface area (Å²) in [5, 5.41) is 0. The lowest BCUT2D eigenvalue weighted by Gasteiger charge is -2.46. The predicted molar refractivity (Wildman–Crippen MR) is 138 cm³/mol. The Labute approximate surface area is 193 Å². The van der Waals surface area contributed by atoms with Gasteiger partial charge in [-0.15, -0.1) is 0 Å². The summed E-state index contributed by atoms with van der Waals surface area (Å²) in [6, 6.07) is 45.2. The summed E-state index contributed by atoms with van der Waals surface area (Å²) in [4.78, 5) is 7.18. The van der Waals surface area contributed by atoms with Gasteiger partial charge in [0.1, 0.15) is 0 Å². The summed E-state index contributed by atoms with van der Waals surface area (Å²) in [7, 11) is 0. The second-order valence-electron chi connectivity index (χ2n) is 8.30. The molecule has 2 aliphatic rings. The van der Waals surface area contributed by atoms with Crippen molar-refractivity contribution in [3.05, 3.63) is 127 Å². The first-order valence-electron chi connectivity index (χ1n) is 11.2. The zero-order chi connectivity index (χ0) is 21.8. The van der Waals surface area contributed by atoms with Gasteiger partial charge in [0.2, 0.25) is 0 Å². The Morgan fingerprint density at radius 3 is 1.03 bits per heavy atom. The van der Waals surface area contributed by atoms with E-state index in [1.165, 1.54) is 39.8 Å². The average molecular weight is 424 g/mol. The van der Waals surface area contributed by atoms with Crippen LogP contribution in [0.25, 0.3) is 0 Å². The Morgan fingerprint density at radius 2 is 0.606 bits per heavy atom. The molecule has 5 aromatic rings. The average Bonchev–Trinajstić information content (AvgIpc) is 2.89. The summed E-state index contributed by atoms with van der Waals surface area (Å²) >= 11 is 0. The van der Waals surface area contributed by atoms with Crippen molar-refractivity contribution in [1.29, 1.82) is 0 Å². The molecule has 0 N–H and O–H groups in total. The molecule has 0 aliphatic carbocycles. The second-order valence-corrected chi connectivity index (χ2v) is 8.30. The molecule has 5 aromatic carbocycles. The van der Waals surface area contributed by atoms with E-state index in [4.69, 9.17) is 0 Å². The molecule has 0 fully saturated rings. The van der Waals surface area contributed by atoms with E-state index in [9.17, 15) is 0 Å². The first-order chi connectivity index (χ1) is 16.4. The number of benzene rings is 5. The highest BCUT2D eigenvalue weighted by molar-refractivity contribution is 6.12. The molecule has 0 aromatic heterocycles. The highest BCUT2D eigenvalue weighted by Gasteiger charge is 2.38.